The maximum atomic E-state index is 13.1. The fourth-order valence-corrected chi connectivity index (χ4v) is 13.7. The lowest BCUT2D eigenvalue weighted by Gasteiger charge is -2.21. The Balaban J connectivity index is 5.14. The molecule has 0 spiro atoms. The quantitative estimate of drug-likeness (QED) is 0.0222. The van der Waals surface area contributed by atoms with Gasteiger partial charge in [-0.15, -0.1) is 0 Å². The van der Waals surface area contributed by atoms with Crippen LogP contribution in [0.5, 0.6) is 0 Å². The predicted molar refractivity (Wildman–Crippen MR) is 395 cm³/mol. The highest BCUT2D eigenvalue weighted by Crippen LogP contribution is 2.45. The van der Waals surface area contributed by atoms with E-state index < -0.39 is 97.5 Å². The van der Waals surface area contributed by atoms with E-state index in [-0.39, 0.29) is 25.7 Å². The zero-order chi connectivity index (χ0) is 71.1. The number of phosphoric acid groups is 2. The Morgan fingerprint density at radius 2 is 0.412 bits per heavy atom. The molecule has 0 fully saturated rings. The molecule has 0 aliphatic carbocycles. The SMILES string of the molecule is CCCCCCCCCCCCCCCCCCCCCCC(=O)OC[C@H](COP(=O)(O)OC[C@@H](O)COP(=O)(O)OC[C@@H](COC(=O)CCCCCCCCCC)OC(=O)CCCCCCCCCCC)OC(=O)CCCCCCCCCCCCCCCCCCCCCC. The third-order valence-electron chi connectivity index (χ3n) is 18.4. The van der Waals surface area contributed by atoms with Crippen LogP contribution in [0.1, 0.15) is 419 Å². The van der Waals surface area contributed by atoms with Crippen molar-refractivity contribution < 1.29 is 80.2 Å². The minimum absolute atomic E-state index is 0.106. The van der Waals surface area contributed by atoms with Crippen molar-refractivity contribution in [1.82, 2.24) is 0 Å². The summed E-state index contributed by atoms with van der Waals surface area (Å²) in [4.78, 5) is 72.7. The molecule has 5 atom stereocenters. The van der Waals surface area contributed by atoms with Crippen molar-refractivity contribution in [3.05, 3.63) is 0 Å². The second-order valence-corrected chi connectivity index (χ2v) is 31.0. The van der Waals surface area contributed by atoms with Crippen molar-refractivity contribution >= 4 is 39.5 Å². The van der Waals surface area contributed by atoms with Crippen molar-refractivity contribution in [2.45, 2.75) is 438 Å². The smallest absolute Gasteiger partial charge is 0.462 e. The van der Waals surface area contributed by atoms with Crippen LogP contribution in [-0.2, 0) is 65.4 Å². The number of rotatable bonds is 79. The molecule has 0 heterocycles. The van der Waals surface area contributed by atoms with Crippen LogP contribution < -0.4 is 0 Å². The molecular formula is C78H152O17P2. The summed E-state index contributed by atoms with van der Waals surface area (Å²) in [7, 11) is -9.90. The molecule has 19 heteroatoms. The molecule has 0 saturated carbocycles. The number of aliphatic hydroxyl groups is 1. The van der Waals surface area contributed by atoms with Crippen molar-refractivity contribution in [3.8, 4) is 0 Å². The van der Waals surface area contributed by atoms with E-state index in [1.165, 1.54) is 244 Å². The van der Waals surface area contributed by atoms with Gasteiger partial charge in [-0.05, 0) is 25.7 Å². The molecule has 0 bridgehead atoms. The van der Waals surface area contributed by atoms with Crippen LogP contribution in [0.2, 0.25) is 0 Å². The average molecular weight is 1420 g/mol. The van der Waals surface area contributed by atoms with E-state index >= 15 is 0 Å². The highest BCUT2D eigenvalue weighted by molar-refractivity contribution is 7.47. The van der Waals surface area contributed by atoms with E-state index in [1.54, 1.807) is 0 Å². The van der Waals surface area contributed by atoms with Gasteiger partial charge in [0.15, 0.2) is 12.2 Å². The van der Waals surface area contributed by atoms with Crippen LogP contribution in [0.4, 0.5) is 0 Å². The molecule has 2 unspecified atom stereocenters. The second-order valence-electron chi connectivity index (χ2n) is 28.1. The average Bonchev–Trinajstić information content (AvgIpc) is 1.41. The fraction of sp³-hybridized carbons (Fsp3) is 0.949. The molecule has 3 N–H and O–H groups in total. The lowest BCUT2D eigenvalue weighted by atomic mass is 10.0. The topological polar surface area (TPSA) is 237 Å². The van der Waals surface area contributed by atoms with Crippen LogP contribution in [0, 0.1) is 0 Å². The standard InChI is InChI=1S/C78H152O17P2/c1-5-9-13-17-21-25-27-29-31-33-35-37-39-41-43-45-48-51-55-59-63-76(81)89-69-74(95-78(83)65-61-57-53-49-46-44-42-40-38-36-34-32-30-28-26-22-18-14-10-6-2)71-93-97(86,87)91-67-72(79)66-90-96(84,85)92-70-73(68-88-75(80)62-58-54-50-24-20-16-12-8-4)94-77(82)64-60-56-52-47-23-19-15-11-7-3/h72-74,79H,5-71H2,1-4H3,(H,84,85)(H,86,87)/t72-,73+,74+/m0/s1. The van der Waals surface area contributed by atoms with Gasteiger partial charge in [0.25, 0.3) is 0 Å². The van der Waals surface area contributed by atoms with E-state index in [0.29, 0.717) is 25.7 Å². The van der Waals surface area contributed by atoms with Crippen LogP contribution in [-0.4, -0.2) is 96.7 Å². The number of aliphatic hydroxyl groups excluding tert-OH is 1. The molecule has 0 aromatic rings. The molecule has 0 aromatic carbocycles. The molecule has 576 valence electrons. The summed E-state index contributed by atoms with van der Waals surface area (Å²) in [6.07, 6.45) is 64.1. The summed E-state index contributed by atoms with van der Waals surface area (Å²) in [5.41, 5.74) is 0. The van der Waals surface area contributed by atoms with Gasteiger partial charge in [0.2, 0.25) is 0 Å². The first-order valence-corrected chi connectivity index (χ1v) is 43.8. The maximum Gasteiger partial charge on any atom is 0.472 e. The van der Waals surface area contributed by atoms with E-state index in [0.717, 1.165) is 96.3 Å². The third-order valence-corrected chi connectivity index (χ3v) is 20.3. The molecule has 0 rings (SSSR count). The first kappa shape index (κ1) is 95.1. The second kappa shape index (κ2) is 72.4. The summed E-state index contributed by atoms with van der Waals surface area (Å²) >= 11 is 0. The summed E-state index contributed by atoms with van der Waals surface area (Å²) < 4.78 is 68.4. The molecule has 0 amide bonds. The van der Waals surface area contributed by atoms with Crippen molar-refractivity contribution in [2.75, 3.05) is 39.6 Å². The van der Waals surface area contributed by atoms with Crippen LogP contribution in [0.3, 0.4) is 0 Å². The van der Waals surface area contributed by atoms with Crippen molar-refractivity contribution in [1.29, 1.82) is 0 Å². The predicted octanol–water partition coefficient (Wildman–Crippen LogP) is 23.4. The number of ether oxygens (including phenoxy) is 4. The minimum atomic E-state index is -4.96. The lowest BCUT2D eigenvalue weighted by molar-refractivity contribution is -0.161. The minimum Gasteiger partial charge on any atom is -0.462 e. The van der Waals surface area contributed by atoms with Gasteiger partial charge in [-0.2, -0.15) is 0 Å². The monoisotopic (exact) mass is 1420 g/mol. The highest BCUT2D eigenvalue weighted by atomic mass is 31.2. The van der Waals surface area contributed by atoms with Crippen molar-refractivity contribution in [2.24, 2.45) is 0 Å². The van der Waals surface area contributed by atoms with Crippen LogP contribution >= 0.6 is 15.6 Å². The maximum absolute atomic E-state index is 13.1. The first-order valence-electron chi connectivity index (χ1n) is 40.8. The number of carbonyl (C=O) groups is 4. The lowest BCUT2D eigenvalue weighted by Crippen LogP contribution is -2.30. The van der Waals surface area contributed by atoms with E-state index in [1.807, 2.05) is 0 Å². The zero-order valence-electron chi connectivity index (χ0n) is 63.1. The van der Waals surface area contributed by atoms with E-state index in [9.17, 15) is 43.2 Å². The highest BCUT2D eigenvalue weighted by Gasteiger charge is 2.30. The number of unbranched alkanes of at least 4 members (excludes halogenated alkanes) is 53. The van der Waals surface area contributed by atoms with Crippen LogP contribution in [0.25, 0.3) is 0 Å². The molecule has 0 aromatic heterocycles. The normalized spacial score (nSPS) is 13.8. The summed E-state index contributed by atoms with van der Waals surface area (Å²) in [5.74, 6) is -2.12. The largest absolute Gasteiger partial charge is 0.472 e. The Labute approximate surface area is 594 Å². The Morgan fingerprint density at radius 1 is 0.247 bits per heavy atom. The Hall–Kier alpha value is -1.94. The van der Waals surface area contributed by atoms with E-state index in [4.69, 9.17) is 37.0 Å². The Morgan fingerprint density at radius 3 is 0.608 bits per heavy atom. The molecule has 0 aliphatic rings. The molecular weight excluding hydrogens is 1270 g/mol. The third kappa shape index (κ3) is 72.2. The number of hydrogen-bond donors (Lipinski definition) is 3. The molecule has 17 nitrogen and oxygen atoms in total. The number of phosphoric ester groups is 2. The van der Waals surface area contributed by atoms with Crippen molar-refractivity contribution in [3.63, 3.8) is 0 Å². The molecule has 0 aliphatic heterocycles. The Bertz CT molecular complexity index is 1840. The van der Waals surface area contributed by atoms with Gasteiger partial charge in [0.1, 0.15) is 19.3 Å². The van der Waals surface area contributed by atoms with Gasteiger partial charge in [-0.3, -0.25) is 37.3 Å². The number of esters is 4. The fourth-order valence-electron chi connectivity index (χ4n) is 12.1. The van der Waals surface area contributed by atoms with Gasteiger partial charge < -0.3 is 33.8 Å². The van der Waals surface area contributed by atoms with Gasteiger partial charge in [-0.25, -0.2) is 9.13 Å². The molecule has 0 radical (unpaired) electrons. The van der Waals surface area contributed by atoms with Crippen LogP contribution in [0.15, 0.2) is 0 Å². The number of hydrogen-bond acceptors (Lipinski definition) is 15. The zero-order valence-corrected chi connectivity index (χ0v) is 64.8. The number of carbonyl (C=O) groups excluding carboxylic acids is 4. The summed E-state index contributed by atoms with van der Waals surface area (Å²) in [6.45, 7) is 4.95. The van der Waals surface area contributed by atoms with Gasteiger partial charge in [0.05, 0.1) is 26.4 Å². The van der Waals surface area contributed by atoms with Gasteiger partial charge in [-0.1, -0.05) is 368 Å². The molecule has 0 saturated heterocycles. The first-order chi connectivity index (χ1) is 47.2. The summed E-state index contributed by atoms with van der Waals surface area (Å²) in [5, 5.41) is 10.6. The van der Waals surface area contributed by atoms with Gasteiger partial charge >= 0.3 is 39.5 Å². The Kier molecular flexibility index (Phi) is 71.0. The van der Waals surface area contributed by atoms with Gasteiger partial charge in [0, 0.05) is 25.7 Å². The van der Waals surface area contributed by atoms with E-state index in [2.05, 4.69) is 27.7 Å². The summed E-state index contributed by atoms with van der Waals surface area (Å²) in [6, 6.07) is 0. The molecule has 97 heavy (non-hydrogen) atoms.